The summed E-state index contributed by atoms with van der Waals surface area (Å²) in [5.41, 5.74) is 4.26. The van der Waals surface area contributed by atoms with Crippen LogP contribution in [0.1, 0.15) is 55.4 Å². The van der Waals surface area contributed by atoms with Gasteiger partial charge < -0.3 is 9.47 Å². The number of pyridine rings is 1. The van der Waals surface area contributed by atoms with E-state index in [1.807, 2.05) is 34.8 Å². The summed E-state index contributed by atoms with van der Waals surface area (Å²) in [6.45, 7) is 7.07. The first kappa shape index (κ1) is 17.2. The highest BCUT2D eigenvalue weighted by Gasteiger charge is 2.56. The molecule has 0 spiro atoms. The van der Waals surface area contributed by atoms with Gasteiger partial charge in [0.15, 0.2) is 17.2 Å². The molecule has 2 aliphatic rings. The molecule has 144 valence electrons. The minimum atomic E-state index is -0.259. The van der Waals surface area contributed by atoms with Crippen LogP contribution in [-0.4, -0.2) is 27.7 Å². The van der Waals surface area contributed by atoms with E-state index in [4.69, 9.17) is 19.6 Å². The predicted molar refractivity (Wildman–Crippen MR) is 104 cm³/mol. The van der Waals surface area contributed by atoms with Crippen molar-refractivity contribution >= 4 is 11.6 Å². The molecule has 2 aromatic heterocycles. The van der Waals surface area contributed by atoms with Gasteiger partial charge in [-0.25, -0.2) is 14.3 Å². The number of ether oxygens (including phenoxy) is 2. The second-order valence-corrected chi connectivity index (χ2v) is 8.74. The number of rotatable bonds is 3. The van der Waals surface area contributed by atoms with Crippen molar-refractivity contribution in [1.82, 2.24) is 14.6 Å². The van der Waals surface area contributed by atoms with Crippen LogP contribution in [0.25, 0.3) is 16.9 Å². The standard InChI is InChI=1S/C22H23N3O3/c1-21(2,3)22(9-10-22)20-23-18-17(27-4)8-7-16(25(18)24-20)13-5-6-15-14(11-13)12-28-19(15)26/h5-8,11H,9-10,12H2,1-4H3. The van der Waals surface area contributed by atoms with Crippen LogP contribution in [0.4, 0.5) is 0 Å². The van der Waals surface area contributed by atoms with Crippen LogP contribution in [0.2, 0.25) is 0 Å². The summed E-state index contributed by atoms with van der Waals surface area (Å²) in [6.07, 6.45) is 2.20. The predicted octanol–water partition coefficient (Wildman–Crippen LogP) is 4.15. The fourth-order valence-electron chi connectivity index (χ4n) is 4.25. The number of methoxy groups -OCH3 is 1. The van der Waals surface area contributed by atoms with Crippen LogP contribution in [-0.2, 0) is 16.8 Å². The van der Waals surface area contributed by atoms with E-state index < -0.39 is 0 Å². The molecule has 0 bridgehead atoms. The summed E-state index contributed by atoms with van der Waals surface area (Å²) in [4.78, 5) is 16.7. The smallest absolute Gasteiger partial charge is 0.338 e. The van der Waals surface area contributed by atoms with E-state index in [1.165, 1.54) is 0 Å². The van der Waals surface area contributed by atoms with Gasteiger partial charge in [-0.3, -0.25) is 0 Å². The summed E-state index contributed by atoms with van der Waals surface area (Å²) in [6, 6.07) is 9.67. The normalized spacial score (nSPS) is 17.5. The van der Waals surface area contributed by atoms with Gasteiger partial charge in [-0.05, 0) is 42.5 Å². The van der Waals surface area contributed by atoms with Crippen LogP contribution in [0.5, 0.6) is 5.75 Å². The summed E-state index contributed by atoms with van der Waals surface area (Å²) >= 11 is 0. The molecule has 1 aliphatic heterocycles. The molecule has 1 saturated carbocycles. The Hall–Kier alpha value is -2.89. The van der Waals surface area contributed by atoms with Crippen molar-refractivity contribution in [2.24, 2.45) is 5.41 Å². The highest BCUT2D eigenvalue weighted by atomic mass is 16.5. The lowest BCUT2D eigenvalue weighted by Crippen LogP contribution is -2.27. The van der Waals surface area contributed by atoms with E-state index in [-0.39, 0.29) is 16.8 Å². The molecule has 0 saturated heterocycles. The van der Waals surface area contributed by atoms with Crippen molar-refractivity contribution in [1.29, 1.82) is 0 Å². The maximum atomic E-state index is 11.8. The van der Waals surface area contributed by atoms with Gasteiger partial charge in [0.25, 0.3) is 0 Å². The molecule has 28 heavy (non-hydrogen) atoms. The van der Waals surface area contributed by atoms with E-state index in [0.29, 0.717) is 17.9 Å². The average Bonchev–Trinajstić information content (AvgIpc) is 3.26. The van der Waals surface area contributed by atoms with Gasteiger partial charge in [0.05, 0.1) is 18.4 Å². The summed E-state index contributed by atoms with van der Waals surface area (Å²) in [7, 11) is 1.65. The fraction of sp³-hybridized carbons (Fsp3) is 0.409. The molecule has 1 aliphatic carbocycles. The van der Waals surface area contributed by atoms with Crippen molar-refractivity contribution in [2.45, 2.75) is 45.6 Å². The maximum absolute atomic E-state index is 11.8. The van der Waals surface area contributed by atoms with E-state index in [2.05, 4.69) is 20.8 Å². The number of fused-ring (bicyclic) bond motifs is 2. The van der Waals surface area contributed by atoms with E-state index >= 15 is 0 Å². The van der Waals surface area contributed by atoms with Gasteiger partial charge in [-0.1, -0.05) is 26.8 Å². The second-order valence-electron chi connectivity index (χ2n) is 8.74. The van der Waals surface area contributed by atoms with Crippen molar-refractivity contribution < 1.29 is 14.3 Å². The lowest BCUT2D eigenvalue weighted by atomic mass is 9.77. The quantitative estimate of drug-likeness (QED) is 0.642. The monoisotopic (exact) mass is 377 g/mol. The molecule has 6 heteroatoms. The molecule has 3 heterocycles. The molecule has 0 atom stereocenters. The number of benzene rings is 1. The number of esters is 1. The highest BCUT2D eigenvalue weighted by molar-refractivity contribution is 5.94. The maximum Gasteiger partial charge on any atom is 0.338 e. The molecule has 5 rings (SSSR count). The SMILES string of the molecule is COc1ccc(-c2ccc3c(c2)COC3=O)n2nc(C3(C(C)(C)C)CC3)nc12. The third-order valence-electron chi connectivity index (χ3n) is 6.26. The topological polar surface area (TPSA) is 65.7 Å². The van der Waals surface area contributed by atoms with Crippen molar-refractivity contribution in [3.05, 3.63) is 47.3 Å². The first-order chi connectivity index (χ1) is 13.3. The summed E-state index contributed by atoms with van der Waals surface area (Å²) in [5.74, 6) is 1.32. The Kier molecular flexibility index (Phi) is 3.42. The van der Waals surface area contributed by atoms with Gasteiger partial charge >= 0.3 is 5.97 Å². The molecular weight excluding hydrogens is 354 g/mol. The minimum absolute atomic E-state index is 0.0134. The van der Waals surface area contributed by atoms with Gasteiger partial charge in [0.2, 0.25) is 0 Å². The molecule has 0 amide bonds. The number of aromatic nitrogens is 3. The number of hydrogen-bond donors (Lipinski definition) is 0. The molecule has 0 radical (unpaired) electrons. The largest absolute Gasteiger partial charge is 0.493 e. The molecule has 0 N–H and O–H groups in total. The van der Waals surface area contributed by atoms with E-state index in [1.54, 1.807) is 7.11 Å². The van der Waals surface area contributed by atoms with E-state index in [0.717, 1.165) is 41.1 Å². The Bertz CT molecular complexity index is 1120. The molecule has 6 nitrogen and oxygen atoms in total. The number of carbonyl (C=O) groups excluding carboxylic acids is 1. The molecule has 1 fully saturated rings. The van der Waals surface area contributed by atoms with Crippen LogP contribution < -0.4 is 4.74 Å². The lowest BCUT2D eigenvalue weighted by Gasteiger charge is -2.28. The zero-order valence-electron chi connectivity index (χ0n) is 16.6. The molecule has 1 aromatic carbocycles. The first-order valence-corrected chi connectivity index (χ1v) is 9.59. The molecule has 0 unspecified atom stereocenters. The average molecular weight is 377 g/mol. The third kappa shape index (κ3) is 2.30. The Morgan fingerprint density at radius 2 is 1.96 bits per heavy atom. The lowest BCUT2D eigenvalue weighted by molar-refractivity contribution is 0.0535. The first-order valence-electron chi connectivity index (χ1n) is 9.59. The number of nitrogens with zero attached hydrogens (tertiary/aromatic N) is 3. The number of hydrogen-bond acceptors (Lipinski definition) is 5. The molecular formula is C22H23N3O3. The Labute approximate surface area is 163 Å². The van der Waals surface area contributed by atoms with Crippen LogP contribution in [0.3, 0.4) is 0 Å². The fourth-order valence-corrected chi connectivity index (χ4v) is 4.25. The highest BCUT2D eigenvalue weighted by Crippen LogP contribution is 2.58. The van der Waals surface area contributed by atoms with E-state index in [9.17, 15) is 4.79 Å². The van der Waals surface area contributed by atoms with Crippen molar-refractivity contribution in [3.63, 3.8) is 0 Å². The van der Waals surface area contributed by atoms with Gasteiger partial charge in [-0.2, -0.15) is 0 Å². The third-order valence-corrected chi connectivity index (χ3v) is 6.26. The number of cyclic esters (lactones) is 1. The Morgan fingerprint density at radius 1 is 1.18 bits per heavy atom. The zero-order chi connectivity index (χ0) is 19.7. The van der Waals surface area contributed by atoms with Crippen molar-refractivity contribution in [2.75, 3.05) is 7.11 Å². The van der Waals surface area contributed by atoms with Crippen LogP contribution >= 0.6 is 0 Å². The van der Waals surface area contributed by atoms with Crippen molar-refractivity contribution in [3.8, 4) is 17.0 Å². The number of carbonyl (C=O) groups is 1. The Morgan fingerprint density at radius 3 is 2.64 bits per heavy atom. The van der Waals surface area contributed by atoms with Gasteiger partial charge in [0, 0.05) is 16.5 Å². The minimum Gasteiger partial charge on any atom is -0.493 e. The summed E-state index contributed by atoms with van der Waals surface area (Å²) in [5, 5.41) is 4.93. The molecule has 3 aromatic rings. The van der Waals surface area contributed by atoms with Gasteiger partial charge in [-0.15, -0.1) is 5.10 Å². The Balaban J connectivity index is 1.70. The second kappa shape index (κ2) is 5.56. The van der Waals surface area contributed by atoms with Crippen LogP contribution in [0, 0.1) is 5.41 Å². The van der Waals surface area contributed by atoms with Gasteiger partial charge in [0.1, 0.15) is 6.61 Å². The summed E-state index contributed by atoms with van der Waals surface area (Å²) < 4.78 is 12.6. The van der Waals surface area contributed by atoms with Crippen LogP contribution in [0.15, 0.2) is 30.3 Å². The zero-order valence-corrected chi connectivity index (χ0v) is 16.6.